The standard InChI is InChI=1S/C16H22N2O4/c1-21-15(19)14(13-7-9-17-10-8-13)18-16(20)22-11-12-5-3-2-4-6-12/h2-6,13-14,17H,7-11H2,1H3,(H,18,20)/t14-/m0/s1. The van der Waals surface area contributed by atoms with Crippen LogP contribution in [-0.2, 0) is 20.9 Å². The monoisotopic (exact) mass is 306 g/mol. The van der Waals surface area contributed by atoms with Crippen molar-refractivity contribution in [2.75, 3.05) is 20.2 Å². The summed E-state index contributed by atoms with van der Waals surface area (Å²) in [6.45, 7) is 1.84. The van der Waals surface area contributed by atoms with Crippen LogP contribution in [0, 0.1) is 5.92 Å². The van der Waals surface area contributed by atoms with Gasteiger partial charge in [-0.3, -0.25) is 0 Å². The van der Waals surface area contributed by atoms with Gasteiger partial charge in [-0.2, -0.15) is 0 Å². The summed E-state index contributed by atoms with van der Waals surface area (Å²) < 4.78 is 9.97. The van der Waals surface area contributed by atoms with E-state index in [0.717, 1.165) is 31.5 Å². The number of hydrogen-bond donors (Lipinski definition) is 2. The molecule has 1 saturated heterocycles. The molecule has 1 atom stereocenters. The van der Waals surface area contributed by atoms with Gasteiger partial charge in [0.25, 0.3) is 0 Å². The molecule has 0 spiro atoms. The van der Waals surface area contributed by atoms with Crippen molar-refractivity contribution in [3.63, 3.8) is 0 Å². The van der Waals surface area contributed by atoms with Gasteiger partial charge < -0.3 is 20.1 Å². The van der Waals surface area contributed by atoms with Crippen LogP contribution in [0.2, 0.25) is 0 Å². The molecule has 0 aliphatic carbocycles. The number of esters is 1. The Hall–Kier alpha value is -2.08. The lowest BCUT2D eigenvalue weighted by atomic mass is 9.90. The van der Waals surface area contributed by atoms with Gasteiger partial charge in [-0.25, -0.2) is 9.59 Å². The van der Waals surface area contributed by atoms with E-state index in [-0.39, 0.29) is 12.5 Å². The van der Waals surface area contributed by atoms with Crippen LogP contribution in [0.4, 0.5) is 4.79 Å². The first-order valence-corrected chi connectivity index (χ1v) is 7.46. The molecule has 1 aliphatic rings. The van der Waals surface area contributed by atoms with Crippen molar-refractivity contribution in [3.05, 3.63) is 35.9 Å². The van der Waals surface area contributed by atoms with E-state index in [1.807, 2.05) is 30.3 Å². The first-order valence-electron chi connectivity index (χ1n) is 7.46. The molecule has 1 fully saturated rings. The van der Waals surface area contributed by atoms with Gasteiger partial charge >= 0.3 is 12.1 Å². The van der Waals surface area contributed by atoms with Crippen LogP contribution in [0.1, 0.15) is 18.4 Å². The highest BCUT2D eigenvalue weighted by Gasteiger charge is 2.32. The van der Waals surface area contributed by atoms with Crippen molar-refractivity contribution in [3.8, 4) is 0 Å². The summed E-state index contributed by atoms with van der Waals surface area (Å²) in [4.78, 5) is 23.8. The van der Waals surface area contributed by atoms with Gasteiger partial charge in [0.2, 0.25) is 0 Å². The van der Waals surface area contributed by atoms with E-state index in [0.29, 0.717) is 0 Å². The molecule has 6 nitrogen and oxygen atoms in total. The Morgan fingerprint density at radius 2 is 1.95 bits per heavy atom. The Balaban J connectivity index is 1.88. The number of amides is 1. The lowest BCUT2D eigenvalue weighted by Crippen LogP contribution is -2.49. The van der Waals surface area contributed by atoms with Gasteiger partial charge in [0.05, 0.1) is 7.11 Å². The van der Waals surface area contributed by atoms with Crippen molar-refractivity contribution in [2.24, 2.45) is 5.92 Å². The first kappa shape index (κ1) is 16.3. The molecule has 0 aromatic heterocycles. The number of carbonyl (C=O) groups excluding carboxylic acids is 2. The fourth-order valence-electron chi connectivity index (χ4n) is 2.57. The first-order chi connectivity index (χ1) is 10.7. The summed E-state index contributed by atoms with van der Waals surface area (Å²) in [6, 6.07) is 8.74. The molecule has 1 aromatic carbocycles. The van der Waals surface area contributed by atoms with Crippen LogP contribution >= 0.6 is 0 Å². The van der Waals surface area contributed by atoms with Gasteiger partial charge in [-0.15, -0.1) is 0 Å². The van der Waals surface area contributed by atoms with Gasteiger partial charge in [-0.1, -0.05) is 30.3 Å². The minimum Gasteiger partial charge on any atom is -0.467 e. The van der Waals surface area contributed by atoms with Crippen molar-refractivity contribution >= 4 is 12.1 Å². The molecule has 22 heavy (non-hydrogen) atoms. The number of benzene rings is 1. The Kier molecular flexibility index (Phi) is 6.21. The molecule has 0 bridgehead atoms. The molecule has 2 rings (SSSR count). The summed E-state index contributed by atoms with van der Waals surface area (Å²) in [5.41, 5.74) is 0.897. The van der Waals surface area contributed by atoms with Crippen LogP contribution in [-0.4, -0.2) is 38.3 Å². The fourth-order valence-corrected chi connectivity index (χ4v) is 2.57. The maximum Gasteiger partial charge on any atom is 0.408 e. The fraction of sp³-hybridized carbons (Fsp3) is 0.500. The van der Waals surface area contributed by atoms with E-state index in [4.69, 9.17) is 9.47 Å². The number of piperidine rings is 1. The highest BCUT2D eigenvalue weighted by molar-refractivity contribution is 5.81. The molecule has 1 aromatic rings. The summed E-state index contributed by atoms with van der Waals surface area (Å²) >= 11 is 0. The van der Waals surface area contributed by atoms with E-state index < -0.39 is 18.1 Å². The second-order valence-corrected chi connectivity index (χ2v) is 5.29. The van der Waals surface area contributed by atoms with E-state index in [2.05, 4.69) is 10.6 Å². The second-order valence-electron chi connectivity index (χ2n) is 5.29. The summed E-state index contributed by atoms with van der Waals surface area (Å²) in [5.74, 6) is -0.360. The smallest absolute Gasteiger partial charge is 0.408 e. The zero-order valence-electron chi connectivity index (χ0n) is 12.7. The van der Waals surface area contributed by atoms with Gasteiger partial charge in [0.1, 0.15) is 12.6 Å². The molecule has 0 unspecified atom stereocenters. The summed E-state index contributed by atoms with van der Waals surface area (Å²) in [7, 11) is 1.33. The van der Waals surface area contributed by atoms with Gasteiger partial charge in [-0.05, 0) is 37.4 Å². The Morgan fingerprint density at radius 3 is 2.59 bits per heavy atom. The third kappa shape index (κ3) is 4.73. The Labute approximate surface area is 130 Å². The predicted molar refractivity (Wildman–Crippen MR) is 81.2 cm³/mol. The number of carbonyl (C=O) groups is 2. The lowest BCUT2D eigenvalue weighted by molar-refractivity contribution is -0.144. The maximum absolute atomic E-state index is 11.9. The molecule has 120 valence electrons. The van der Waals surface area contributed by atoms with E-state index in [1.54, 1.807) is 0 Å². The number of ether oxygens (including phenoxy) is 2. The third-order valence-electron chi connectivity index (χ3n) is 3.80. The normalized spacial score (nSPS) is 16.6. The summed E-state index contributed by atoms with van der Waals surface area (Å²) in [5, 5.41) is 5.87. The van der Waals surface area contributed by atoms with E-state index in [9.17, 15) is 9.59 Å². The Bertz CT molecular complexity index is 486. The van der Waals surface area contributed by atoms with E-state index >= 15 is 0 Å². The van der Waals surface area contributed by atoms with Crippen LogP contribution in [0.3, 0.4) is 0 Å². The van der Waals surface area contributed by atoms with E-state index in [1.165, 1.54) is 7.11 Å². The topological polar surface area (TPSA) is 76.7 Å². The molecule has 0 radical (unpaired) electrons. The minimum absolute atomic E-state index is 0.0676. The van der Waals surface area contributed by atoms with Crippen molar-refractivity contribution in [1.82, 2.24) is 10.6 Å². The number of rotatable bonds is 5. The quantitative estimate of drug-likeness (QED) is 0.805. The lowest BCUT2D eigenvalue weighted by Gasteiger charge is -2.29. The third-order valence-corrected chi connectivity index (χ3v) is 3.80. The highest BCUT2D eigenvalue weighted by atomic mass is 16.6. The molecule has 6 heteroatoms. The van der Waals surface area contributed by atoms with Crippen molar-refractivity contribution in [1.29, 1.82) is 0 Å². The molecular weight excluding hydrogens is 284 g/mol. The van der Waals surface area contributed by atoms with Crippen LogP contribution < -0.4 is 10.6 Å². The minimum atomic E-state index is -0.657. The molecule has 2 N–H and O–H groups in total. The van der Waals surface area contributed by atoms with Gasteiger partial charge in [0, 0.05) is 0 Å². The average Bonchev–Trinajstić information content (AvgIpc) is 2.59. The number of methoxy groups -OCH3 is 1. The molecule has 0 saturated carbocycles. The second kappa shape index (κ2) is 8.38. The number of nitrogens with one attached hydrogen (secondary N) is 2. The summed E-state index contributed by atoms with van der Waals surface area (Å²) in [6.07, 6.45) is 1.04. The number of hydrogen-bond acceptors (Lipinski definition) is 5. The van der Waals surface area contributed by atoms with Crippen molar-refractivity contribution in [2.45, 2.75) is 25.5 Å². The predicted octanol–water partition coefficient (Wildman–Crippen LogP) is 1.45. The maximum atomic E-state index is 11.9. The zero-order chi connectivity index (χ0) is 15.8. The molecule has 1 heterocycles. The zero-order valence-corrected chi connectivity index (χ0v) is 12.7. The number of alkyl carbamates (subject to hydrolysis) is 1. The van der Waals surface area contributed by atoms with Crippen molar-refractivity contribution < 1.29 is 19.1 Å². The van der Waals surface area contributed by atoms with Crippen LogP contribution in [0.5, 0.6) is 0 Å². The highest BCUT2D eigenvalue weighted by Crippen LogP contribution is 2.17. The Morgan fingerprint density at radius 1 is 1.27 bits per heavy atom. The molecule has 1 amide bonds. The molecular formula is C16H22N2O4. The SMILES string of the molecule is COC(=O)[C@@H](NC(=O)OCc1ccccc1)C1CCNCC1. The van der Waals surface area contributed by atoms with Crippen LogP contribution in [0.25, 0.3) is 0 Å². The average molecular weight is 306 g/mol. The largest absolute Gasteiger partial charge is 0.467 e. The molecule has 1 aliphatic heterocycles. The van der Waals surface area contributed by atoms with Gasteiger partial charge in [0.15, 0.2) is 0 Å². The van der Waals surface area contributed by atoms with Crippen LogP contribution in [0.15, 0.2) is 30.3 Å².